The average Bonchev–Trinajstić information content (AvgIpc) is 3.45. The van der Waals surface area contributed by atoms with Crippen LogP contribution in [0.2, 0.25) is 5.02 Å². The zero-order chi connectivity index (χ0) is 23.5. The first-order valence-electron chi connectivity index (χ1n) is 10.4. The smallest absolute Gasteiger partial charge is 0.246 e. The molecule has 33 heavy (non-hydrogen) atoms. The first-order chi connectivity index (χ1) is 15.9. The topological polar surface area (TPSA) is 95.5 Å². The molecule has 1 aliphatic heterocycles. The summed E-state index contributed by atoms with van der Waals surface area (Å²) in [5.41, 5.74) is 9.04. The van der Waals surface area contributed by atoms with Crippen molar-refractivity contribution in [3.05, 3.63) is 58.9 Å². The lowest BCUT2D eigenvalue weighted by Gasteiger charge is -2.15. The maximum atomic E-state index is 12.0. The number of nitrogens with zero attached hydrogens (tertiary/aromatic N) is 4. The van der Waals surface area contributed by atoms with Crippen LogP contribution in [-0.4, -0.2) is 52.9 Å². The Morgan fingerprint density at radius 3 is 2.91 bits per heavy atom. The Balaban J connectivity index is 1.78. The molecule has 2 N–H and O–H groups in total. The fourth-order valence-electron chi connectivity index (χ4n) is 4.01. The fraction of sp³-hybridized carbons (Fsp3) is 0.292. The van der Waals surface area contributed by atoms with Gasteiger partial charge in [0.1, 0.15) is 17.3 Å². The van der Waals surface area contributed by atoms with Crippen LogP contribution in [0.25, 0.3) is 10.9 Å². The van der Waals surface area contributed by atoms with Crippen molar-refractivity contribution in [1.29, 1.82) is 0 Å². The fourth-order valence-corrected chi connectivity index (χ4v) is 4.24. The summed E-state index contributed by atoms with van der Waals surface area (Å²) in [6.07, 6.45) is 3.56. The van der Waals surface area contributed by atoms with Gasteiger partial charge < -0.3 is 20.1 Å². The molecule has 170 valence electrons. The molecule has 8 nitrogen and oxygen atoms in total. The van der Waals surface area contributed by atoms with Crippen LogP contribution in [0.1, 0.15) is 29.3 Å². The molecule has 0 unspecified atom stereocenters. The molecule has 3 aromatic rings. The summed E-state index contributed by atoms with van der Waals surface area (Å²) in [5.74, 6) is 7.16. The Kier molecular flexibility index (Phi) is 6.54. The number of carbonyl (C=O) groups is 1. The number of fused-ring (bicyclic) bond motifs is 1. The van der Waals surface area contributed by atoms with Crippen LogP contribution in [-0.2, 0) is 16.1 Å². The van der Waals surface area contributed by atoms with E-state index in [4.69, 9.17) is 31.9 Å². The van der Waals surface area contributed by atoms with Crippen LogP contribution in [0.4, 0.5) is 5.82 Å². The number of hydrogen-bond donors (Lipinski definition) is 1. The van der Waals surface area contributed by atoms with Crippen LogP contribution in [0, 0.1) is 11.8 Å². The Morgan fingerprint density at radius 2 is 2.18 bits per heavy atom. The number of amides is 1. The predicted molar refractivity (Wildman–Crippen MR) is 127 cm³/mol. The lowest BCUT2D eigenvalue weighted by molar-refractivity contribution is -0.125. The van der Waals surface area contributed by atoms with Gasteiger partial charge in [0.05, 0.1) is 41.9 Å². The number of benzene rings is 1. The highest BCUT2D eigenvalue weighted by Crippen LogP contribution is 2.34. The minimum Gasteiger partial charge on any atom is -0.497 e. The minimum absolute atomic E-state index is 0.0589. The van der Waals surface area contributed by atoms with Gasteiger partial charge >= 0.3 is 0 Å². The molecule has 0 aliphatic carbocycles. The second kappa shape index (κ2) is 9.53. The molecule has 1 saturated heterocycles. The van der Waals surface area contributed by atoms with Gasteiger partial charge in [-0.25, -0.2) is 4.98 Å². The normalized spacial score (nSPS) is 15.4. The van der Waals surface area contributed by atoms with E-state index in [0.717, 1.165) is 17.5 Å². The van der Waals surface area contributed by atoms with Crippen molar-refractivity contribution in [2.75, 3.05) is 33.0 Å². The summed E-state index contributed by atoms with van der Waals surface area (Å²) in [4.78, 5) is 18.0. The predicted octanol–water partition coefficient (Wildman–Crippen LogP) is 3.18. The molecule has 0 spiro atoms. The summed E-state index contributed by atoms with van der Waals surface area (Å²) >= 11 is 6.51. The second-order valence-corrected chi connectivity index (χ2v) is 8.10. The van der Waals surface area contributed by atoms with Crippen molar-refractivity contribution in [3.63, 3.8) is 0 Å². The second-order valence-electron chi connectivity index (χ2n) is 7.69. The molecule has 9 heteroatoms. The number of carbonyl (C=O) groups excluding carboxylic acids is 1. The number of nitrogens with two attached hydrogens (primary N) is 1. The number of aromatic nitrogens is 3. The van der Waals surface area contributed by atoms with Gasteiger partial charge in [-0.1, -0.05) is 24.1 Å². The largest absolute Gasteiger partial charge is 0.497 e. The lowest BCUT2D eigenvalue weighted by atomic mass is 10.1. The molecule has 2 aromatic heterocycles. The number of ether oxygens (including phenoxy) is 2. The summed E-state index contributed by atoms with van der Waals surface area (Å²) in [7, 11) is 3.24. The highest BCUT2D eigenvalue weighted by Gasteiger charge is 2.29. The molecule has 4 rings (SSSR count). The van der Waals surface area contributed by atoms with E-state index in [0.29, 0.717) is 52.9 Å². The van der Waals surface area contributed by atoms with Crippen LogP contribution in [0.3, 0.4) is 0 Å². The van der Waals surface area contributed by atoms with Crippen LogP contribution in [0.5, 0.6) is 5.75 Å². The van der Waals surface area contributed by atoms with Gasteiger partial charge in [0.25, 0.3) is 0 Å². The summed E-state index contributed by atoms with van der Waals surface area (Å²) in [5, 5.41) is 5.78. The van der Waals surface area contributed by atoms with Crippen LogP contribution >= 0.6 is 11.6 Å². The molecule has 0 radical (unpaired) electrons. The van der Waals surface area contributed by atoms with Crippen LogP contribution < -0.4 is 10.5 Å². The highest BCUT2D eigenvalue weighted by atomic mass is 35.5. The average molecular weight is 466 g/mol. The number of rotatable bonds is 5. The number of hydrogen-bond acceptors (Lipinski definition) is 6. The molecule has 1 atom stereocenters. The van der Waals surface area contributed by atoms with E-state index in [9.17, 15) is 4.79 Å². The Hall–Kier alpha value is -3.54. The number of pyridine rings is 1. The van der Waals surface area contributed by atoms with Gasteiger partial charge in [-0.15, -0.1) is 0 Å². The molecule has 0 bridgehead atoms. The van der Waals surface area contributed by atoms with Crippen molar-refractivity contribution >= 4 is 34.2 Å². The van der Waals surface area contributed by atoms with E-state index in [-0.39, 0.29) is 11.9 Å². The number of methoxy groups -OCH3 is 2. The van der Waals surface area contributed by atoms with Crippen molar-refractivity contribution < 1.29 is 14.3 Å². The number of likely N-dealkylation sites (tertiary alicyclic amines) is 1. The molecular weight excluding hydrogens is 442 g/mol. The Labute approximate surface area is 196 Å². The monoisotopic (exact) mass is 465 g/mol. The summed E-state index contributed by atoms with van der Waals surface area (Å²) in [6, 6.07) is 5.62. The van der Waals surface area contributed by atoms with Crippen molar-refractivity contribution in [1.82, 2.24) is 19.7 Å². The van der Waals surface area contributed by atoms with Gasteiger partial charge in [-0.2, -0.15) is 5.10 Å². The first-order valence-corrected chi connectivity index (χ1v) is 10.8. The summed E-state index contributed by atoms with van der Waals surface area (Å²) < 4.78 is 12.4. The number of halogens is 1. The molecule has 1 aliphatic rings. The van der Waals surface area contributed by atoms with Crippen molar-refractivity contribution in [2.24, 2.45) is 0 Å². The van der Waals surface area contributed by atoms with Crippen molar-refractivity contribution in [3.8, 4) is 17.6 Å². The third kappa shape index (κ3) is 4.51. The molecule has 3 heterocycles. The third-order valence-electron chi connectivity index (χ3n) is 5.54. The van der Waals surface area contributed by atoms with Crippen LogP contribution in [0.15, 0.2) is 37.1 Å². The Bertz CT molecular complexity index is 1290. The molecular formula is C24H24ClN5O3. The van der Waals surface area contributed by atoms with Crippen molar-refractivity contribution in [2.45, 2.75) is 19.1 Å². The maximum absolute atomic E-state index is 12.0. The van der Waals surface area contributed by atoms with Gasteiger partial charge in [0, 0.05) is 25.8 Å². The van der Waals surface area contributed by atoms with E-state index in [1.807, 2.05) is 22.9 Å². The molecule has 0 saturated carbocycles. The van der Waals surface area contributed by atoms with E-state index >= 15 is 0 Å². The molecule has 1 aromatic carbocycles. The van der Waals surface area contributed by atoms with E-state index in [1.165, 1.54) is 12.3 Å². The number of anilines is 1. The SMILES string of the molecule is C=CC(=O)N1CC[C@H](n2nc(C#Cc3cc(COC)cc(OC)c3)c3c(N)ncc(Cl)c32)C1. The quantitative estimate of drug-likeness (QED) is 0.459. The van der Waals surface area contributed by atoms with E-state index in [2.05, 4.69) is 23.4 Å². The zero-order valence-electron chi connectivity index (χ0n) is 18.5. The summed E-state index contributed by atoms with van der Waals surface area (Å²) in [6.45, 7) is 5.13. The third-order valence-corrected chi connectivity index (χ3v) is 5.82. The van der Waals surface area contributed by atoms with Gasteiger partial charge in [0.15, 0.2) is 0 Å². The molecule has 1 amide bonds. The first kappa shape index (κ1) is 22.6. The van der Waals surface area contributed by atoms with Gasteiger partial charge in [-0.3, -0.25) is 9.48 Å². The van der Waals surface area contributed by atoms with Gasteiger partial charge in [-0.05, 0) is 42.2 Å². The molecule has 1 fully saturated rings. The zero-order valence-corrected chi connectivity index (χ0v) is 19.2. The number of nitrogen functional groups attached to an aromatic ring is 1. The van der Waals surface area contributed by atoms with Gasteiger partial charge in [0.2, 0.25) is 5.91 Å². The highest BCUT2D eigenvalue weighted by molar-refractivity contribution is 6.35. The standard InChI is InChI=1S/C24H24ClN5O3/c1-4-21(31)29-8-7-17(13-29)30-23-19(25)12-27-24(26)22(23)20(28-30)6-5-15-9-16(14-32-2)11-18(10-15)33-3/h4,9-12,17H,1,7-8,13-14H2,2-3H3,(H2,26,27)/t17-/m0/s1. The van der Waals surface area contributed by atoms with E-state index in [1.54, 1.807) is 19.1 Å². The lowest BCUT2D eigenvalue weighted by Crippen LogP contribution is -2.27. The maximum Gasteiger partial charge on any atom is 0.246 e. The Morgan fingerprint density at radius 1 is 1.36 bits per heavy atom. The van der Waals surface area contributed by atoms with E-state index < -0.39 is 0 Å². The minimum atomic E-state index is -0.105.